The predicted octanol–water partition coefficient (Wildman–Crippen LogP) is 1.65. The Morgan fingerprint density at radius 3 is 2.71 bits per heavy atom. The van der Waals surface area contributed by atoms with Crippen LogP contribution in [-0.4, -0.2) is 27.8 Å². The van der Waals surface area contributed by atoms with Gasteiger partial charge in [0.2, 0.25) is 10.0 Å². The number of rotatable bonds is 6. The van der Waals surface area contributed by atoms with E-state index in [-0.39, 0.29) is 11.8 Å². The molecule has 0 radical (unpaired) electrons. The second kappa shape index (κ2) is 6.49. The molecule has 0 amide bonds. The highest BCUT2D eigenvalue weighted by Crippen LogP contribution is 2.18. The van der Waals surface area contributed by atoms with Gasteiger partial charge in [0.1, 0.15) is 0 Å². The van der Waals surface area contributed by atoms with E-state index in [2.05, 4.69) is 26.0 Å². The lowest BCUT2D eigenvalue weighted by Crippen LogP contribution is -2.32. The molecule has 1 aromatic rings. The second-order valence-electron chi connectivity index (χ2n) is 3.82. The fourth-order valence-electron chi connectivity index (χ4n) is 1.41. The van der Waals surface area contributed by atoms with Crippen molar-refractivity contribution in [3.05, 3.63) is 34.3 Å². The molecule has 96 valence electrons. The number of hydrogen-bond donors (Lipinski definition) is 2. The molecular formula is C11H17BrN2O2S. The summed E-state index contributed by atoms with van der Waals surface area (Å²) in [5, 5.41) is 2.82. The summed E-state index contributed by atoms with van der Waals surface area (Å²) < 4.78 is 27.0. The van der Waals surface area contributed by atoms with Crippen LogP contribution < -0.4 is 10.0 Å². The Balaban J connectivity index is 2.69. The molecule has 0 aromatic heterocycles. The summed E-state index contributed by atoms with van der Waals surface area (Å²) in [7, 11) is -1.50. The van der Waals surface area contributed by atoms with Gasteiger partial charge in [0, 0.05) is 17.1 Å². The van der Waals surface area contributed by atoms with Crippen LogP contribution in [0.4, 0.5) is 0 Å². The van der Waals surface area contributed by atoms with Crippen LogP contribution in [0.25, 0.3) is 0 Å². The van der Waals surface area contributed by atoms with Gasteiger partial charge in [0.25, 0.3) is 0 Å². The van der Waals surface area contributed by atoms with Gasteiger partial charge in [-0.15, -0.1) is 0 Å². The number of nitrogens with one attached hydrogen (secondary N) is 2. The average molecular weight is 321 g/mol. The molecular weight excluding hydrogens is 304 g/mol. The molecule has 0 aliphatic rings. The van der Waals surface area contributed by atoms with Gasteiger partial charge in [-0.3, -0.25) is 0 Å². The van der Waals surface area contributed by atoms with Crippen molar-refractivity contribution in [2.24, 2.45) is 0 Å². The van der Waals surface area contributed by atoms with Crippen LogP contribution in [0.1, 0.15) is 18.5 Å². The second-order valence-corrected chi connectivity index (χ2v) is 6.61. The highest BCUT2D eigenvalue weighted by Gasteiger charge is 2.15. The summed E-state index contributed by atoms with van der Waals surface area (Å²) in [6.45, 7) is 2.28. The fourth-order valence-corrected chi connectivity index (χ4v) is 3.09. The summed E-state index contributed by atoms with van der Waals surface area (Å²) in [5.41, 5.74) is 0.937. The molecule has 17 heavy (non-hydrogen) atoms. The fraction of sp³-hybridized carbons (Fsp3) is 0.455. The molecule has 1 unspecified atom stereocenters. The van der Waals surface area contributed by atoms with E-state index in [1.807, 2.05) is 31.2 Å². The van der Waals surface area contributed by atoms with E-state index < -0.39 is 10.0 Å². The minimum atomic E-state index is -3.23. The maximum Gasteiger partial charge on any atom is 0.213 e. The highest BCUT2D eigenvalue weighted by atomic mass is 79.9. The highest BCUT2D eigenvalue weighted by molar-refractivity contribution is 9.10. The van der Waals surface area contributed by atoms with E-state index in [0.717, 1.165) is 10.0 Å². The minimum Gasteiger partial charge on any atom is -0.319 e. The largest absolute Gasteiger partial charge is 0.319 e. The molecule has 1 aromatic carbocycles. The van der Waals surface area contributed by atoms with Gasteiger partial charge in [-0.1, -0.05) is 28.1 Å². The van der Waals surface area contributed by atoms with Crippen LogP contribution in [-0.2, 0) is 10.0 Å². The van der Waals surface area contributed by atoms with Crippen LogP contribution in [0.3, 0.4) is 0 Å². The minimum absolute atomic E-state index is 0.0852. The van der Waals surface area contributed by atoms with E-state index in [9.17, 15) is 8.42 Å². The summed E-state index contributed by atoms with van der Waals surface area (Å²) in [5.74, 6) is 0.0852. The SMILES string of the molecule is CNCCS(=O)(=O)NC(C)c1cccc(Br)c1. The third-order valence-electron chi connectivity index (χ3n) is 2.33. The molecule has 6 heteroatoms. The molecule has 0 heterocycles. The van der Waals surface area contributed by atoms with E-state index in [0.29, 0.717) is 6.54 Å². The van der Waals surface area contributed by atoms with Gasteiger partial charge < -0.3 is 5.32 Å². The van der Waals surface area contributed by atoms with E-state index in [4.69, 9.17) is 0 Å². The molecule has 2 N–H and O–H groups in total. The molecule has 0 saturated heterocycles. The lowest BCUT2D eigenvalue weighted by atomic mass is 10.1. The third-order valence-corrected chi connectivity index (χ3v) is 4.27. The van der Waals surface area contributed by atoms with Gasteiger partial charge in [-0.25, -0.2) is 13.1 Å². The van der Waals surface area contributed by atoms with Crippen molar-refractivity contribution in [1.29, 1.82) is 0 Å². The van der Waals surface area contributed by atoms with Crippen LogP contribution in [0.2, 0.25) is 0 Å². The van der Waals surface area contributed by atoms with Crippen molar-refractivity contribution in [2.45, 2.75) is 13.0 Å². The van der Waals surface area contributed by atoms with Crippen LogP contribution in [0.15, 0.2) is 28.7 Å². The molecule has 0 fully saturated rings. The first kappa shape index (κ1) is 14.6. The van der Waals surface area contributed by atoms with Gasteiger partial charge >= 0.3 is 0 Å². The Morgan fingerprint density at radius 2 is 2.12 bits per heavy atom. The Hall–Kier alpha value is -0.430. The molecule has 0 saturated carbocycles. The Kier molecular flexibility index (Phi) is 5.58. The number of benzene rings is 1. The Labute approximate surface area is 111 Å². The van der Waals surface area contributed by atoms with Crippen LogP contribution in [0.5, 0.6) is 0 Å². The topological polar surface area (TPSA) is 58.2 Å². The molecule has 0 bridgehead atoms. The van der Waals surface area contributed by atoms with Crippen molar-refractivity contribution in [3.63, 3.8) is 0 Å². The predicted molar refractivity (Wildman–Crippen MR) is 73.4 cm³/mol. The number of halogens is 1. The van der Waals surface area contributed by atoms with E-state index >= 15 is 0 Å². The van der Waals surface area contributed by atoms with E-state index in [1.165, 1.54) is 0 Å². The summed E-state index contributed by atoms with van der Waals surface area (Å²) in [6.07, 6.45) is 0. The average Bonchev–Trinajstić information content (AvgIpc) is 2.26. The lowest BCUT2D eigenvalue weighted by molar-refractivity contribution is 0.564. The summed E-state index contributed by atoms with van der Waals surface area (Å²) in [6, 6.07) is 7.37. The first-order valence-electron chi connectivity index (χ1n) is 5.34. The molecule has 0 aliphatic heterocycles. The molecule has 1 atom stereocenters. The normalized spacial score (nSPS) is 13.6. The smallest absolute Gasteiger partial charge is 0.213 e. The van der Waals surface area contributed by atoms with Crippen molar-refractivity contribution in [2.75, 3.05) is 19.3 Å². The van der Waals surface area contributed by atoms with Crippen molar-refractivity contribution in [3.8, 4) is 0 Å². The summed E-state index contributed by atoms with van der Waals surface area (Å²) in [4.78, 5) is 0. The maximum absolute atomic E-state index is 11.7. The van der Waals surface area contributed by atoms with Crippen LogP contribution >= 0.6 is 15.9 Å². The molecule has 0 aliphatic carbocycles. The van der Waals surface area contributed by atoms with Gasteiger partial charge in [-0.05, 0) is 31.7 Å². The third kappa shape index (κ3) is 5.16. The molecule has 4 nitrogen and oxygen atoms in total. The van der Waals surface area contributed by atoms with Crippen molar-refractivity contribution >= 4 is 26.0 Å². The van der Waals surface area contributed by atoms with Gasteiger partial charge in [0.15, 0.2) is 0 Å². The summed E-state index contributed by atoms with van der Waals surface area (Å²) >= 11 is 3.36. The monoisotopic (exact) mass is 320 g/mol. The first-order chi connectivity index (χ1) is 7.94. The quantitative estimate of drug-likeness (QED) is 0.838. The van der Waals surface area contributed by atoms with Crippen molar-refractivity contribution < 1.29 is 8.42 Å². The van der Waals surface area contributed by atoms with Gasteiger partial charge in [-0.2, -0.15) is 0 Å². The maximum atomic E-state index is 11.7. The van der Waals surface area contributed by atoms with Crippen molar-refractivity contribution in [1.82, 2.24) is 10.0 Å². The molecule has 1 rings (SSSR count). The molecule has 0 spiro atoms. The van der Waals surface area contributed by atoms with Crippen LogP contribution in [0, 0.1) is 0 Å². The standard InChI is InChI=1S/C11H17BrN2O2S/c1-9(10-4-3-5-11(12)8-10)14-17(15,16)7-6-13-2/h3-5,8-9,13-14H,6-7H2,1-2H3. The van der Waals surface area contributed by atoms with E-state index in [1.54, 1.807) is 7.05 Å². The zero-order chi connectivity index (χ0) is 12.9. The first-order valence-corrected chi connectivity index (χ1v) is 7.79. The Morgan fingerprint density at radius 1 is 1.41 bits per heavy atom. The lowest BCUT2D eigenvalue weighted by Gasteiger charge is -2.14. The zero-order valence-electron chi connectivity index (χ0n) is 9.90. The zero-order valence-corrected chi connectivity index (χ0v) is 12.3. The number of sulfonamides is 1. The Bertz CT molecular complexity index is 462. The number of hydrogen-bond acceptors (Lipinski definition) is 3. The van der Waals surface area contributed by atoms with Gasteiger partial charge in [0.05, 0.1) is 5.75 Å².